The number of morpholine rings is 1. The van der Waals surface area contributed by atoms with Gasteiger partial charge in [-0.15, -0.1) is 35.3 Å². The first-order chi connectivity index (χ1) is 13.3. The van der Waals surface area contributed by atoms with Gasteiger partial charge in [0.15, 0.2) is 11.7 Å². The second-order valence-corrected chi connectivity index (χ2v) is 7.92. The Kier molecular flexibility index (Phi) is 11.7. The fraction of sp³-hybridized carbons (Fsp3) is 0.778. The number of halogens is 4. The van der Waals surface area contributed by atoms with Crippen molar-refractivity contribution >= 4 is 41.3 Å². The van der Waals surface area contributed by atoms with Gasteiger partial charge < -0.3 is 15.4 Å². The van der Waals surface area contributed by atoms with Crippen molar-refractivity contribution in [1.29, 1.82) is 0 Å². The maximum atomic E-state index is 12.6. The van der Waals surface area contributed by atoms with Crippen LogP contribution in [0.5, 0.6) is 0 Å². The fourth-order valence-electron chi connectivity index (χ4n) is 3.03. The third kappa shape index (κ3) is 8.93. The highest BCUT2D eigenvalue weighted by Gasteiger charge is 2.33. The van der Waals surface area contributed by atoms with Crippen molar-refractivity contribution in [2.45, 2.75) is 39.4 Å². The lowest BCUT2D eigenvalue weighted by atomic mass is 10.0. The monoisotopic (exact) mass is 549 g/mol. The van der Waals surface area contributed by atoms with E-state index in [2.05, 4.69) is 34.4 Å². The minimum Gasteiger partial charge on any atom is -0.379 e. The van der Waals surface area contributed by atoms with E-state index in [1.165, 1.54) is 0 Å². The molecule has 2 rings (SSSR count). The van der Waals surface area contributed by atoms with Crippen LogP contribution in [0.3, 0.4) is 0 Å². The molecule has 1 aromatic rings. The summed E-state index contributed by atoms with van der Waals surface area (Å²) in [6, 6.07) is 0.327. The van der Waals surface area contributed by atoms with Crippen molar-refractivity contribution in [2.24, 2.45) is 10.9 Å². The Morgan fingerprint density at radius 3 is 2.55 bits per heavy atom. The summed E-state index contributed by atoms with van der Waals surface area (Å²) in [5.74, 6) is 1.13. The van der Waals surface area contributed by atoms with Gasteiger partial charge in [0, 0.05) is 44.0 Å². The van der Waals surface area contributed by atoms with E-state index in [1.807, 2.05) is 6.92 Å². The van der Waals surface area contributed by atoms with E-state index < -0.39 is 11.9 Å². The summed E-state index contributed by atoms with van der Waals surface area (Å²) in [7, 11) is 0. The van der Waals surface area contributed by atoms with Gasteiger partial charge in [-0.1, -0.05) is 13.8 Å². The van der Waals surface area contributed by atoms with Crippen LogP contribution in [-0.4, -0.2) is 67.8 Å². The van der Waals surface area contributed by atoms with Gasteiger partial charge in [0.1, 0.15) is 0 Å². The number of hydrogen-bond acceptors (Lipinski definition) is 5. The molecule has 0 radical (unpaired) electrons. The standard InChI is InChI=1S/C18H30F3N5OS.HI/c1-4-22-17(23-6-5-16-25-15(12-28-16)18(19,20)21)24-11-14(13(2)3)26-7-9-27-10-8-26;/h12-14H,4-11H2,1-3H3,(H2,22,23,24);1H. The number of hydrogen-bond donors (Lipinski definition) is 2. The van der Waals surface area contributed by atoms with E-state index in [0.717, 1.165) is 43.0 Å². The van der Waals surface area contributed by atoms with Crippen LogP contribution in [0.2, 0.25) is 0 Å². The maximum absolute atomic E-state index is 12.6. The lowest BCUT2D eigenvalue weighted by Crippen LogP contribution is -2.48. The molecule has 1 fully saturated rings. The largest absolute Gasteiger partial charge is 0.434 e. The molecule has 0 bridgehead atoms. The Hall–Kier alpha value is -0.660. The number of aliphatic imine (C=N–C) groups is 1. The lowest BCUT2D eigenvalue weighted by Gasteiger charge is -2.36. The van der Waals surface area contributed by atoms with E-state index in [1.54, 1.807) is 0 Å². The highest BCUT2D eigenvalue weighted by atomic mass is 127. The van der Waals surface area contributed by atoms with Crippen LogP contribution in [0.1, 0.15) is 31.5 Å². The molecule has 2 heterocycles. The number of nitrogens with zero attached hydrogens (tertiary/aromatic N) is 3. The smallest absolute Gasteiger partial charge is 0.379 e. The first kappa shape index (κ1) is 26.4. The predicted octanol–water partition coefficient (Wildman–Crippen LogP) is 3.23. The summed E-state index contributed by atoms with van der Waals surface area (Å²) >= 11 is 1.03. The fourth-order valence-corrected chi connectivity index (χ4v) is 3.83. The van der Waals surface area contributed by atoms with E-state index in [0.29, 0.717) is 49.0 Å². The Morgan fingerprint density at radius 2 is 2.00 bits per heavy atom. The van der Waals surface area contributed by atoms with E-state index in [-0.39, 0.29) is 24.0 Å². The molecule has 11 heteroatoms. The van der Waals surface area contributed by atoms with Crippen LogP contribution >= 0.6 is 35.3 Å². The molecule has 29 heavy (non-hydrogen) atoms. The Balaban J connectivity index is 0.00000420. The minimum atomic E-state index is -4.39. The van der Waals surface area contributed by atoms with E-state index in [9.17, 15) is 13.2 Å². The van der Waals surface area contributed by atoms with Gasteiger partial charge in [0.2, 0.25) is 0 Å². The van der Waals surface area contributed by atoms with Crippen molar-refractivity contribution in [3.8, 4) is 0 Å². The van der Waals surface area contributed by atoms with Crippen molar-refractivity contribution in [1.82, 2.24) is 20.5 Å². The summed E-state index contributed by atoms with van der Waals surface area (Å²) in [6.07, 6.45) is -3.97. The van der Waals surface area contributed by atoms with Gasteiger partial charge in [-0.25, -0.2) is 4.98 Å². The Bertz CT molecular complexity index is 621. The van der Waals surface area contributed by atoms with Crippen LogP contribution in [-0.2, 0) is 17.3 Å². The molecule has 1 aliphatic rings. The van der Waals surface area contributed by atoms with Crippen molar-refractivity contribution < 1.29 is 17.9 Å². The van der Waals surface area contributed by atoms with Crippen molar-refractivity contribution in [2.75, 3.05) is 45.9 Å². The van der Waals surface area contributed by atoms with Crippen LogP contribution in [0, 0.1) is 5.92 Å². The van der Waals surface area contributed by atoms with Gasteiger partial charge in [-0.3, -0.25) is 9.89 Å². The van der Waals surface area contributed by atoms with Crippen LogP contribution in [0.25, 0.3) is 0 Å². The summed E-state index contributed by atoms with van der Waals surface area (Å²) in [4.78, 5) is 10.8. The number of aromatic nitrogens is 1. The molecule has 0 aliphatic carbocycles. The molecule has 1 saturated heterocycles. The summed E-state index contributed by atoms with van der Waals surface area (Å²) < 4.78 is 43.3. The number of rotatable bonds is 8. The van der Waals surface area contributed by atoms with Gasteiger partial charge in [-0.2, -0.15) is 13.2 Å². The normalized spacial score (nSPS) is 17.1. The molecular weight excluding hydrogens is 518 g/mol. The lowest BCUT2D eigenvalue weighted by molar-refractivity contribution is -0.140. The highest BCUT2D eigenvalue weighted by molar-refractivity contribution is 14.0. The number of ether oxygens (including phenoxy) is 1. The zero-order valence-electron chi connectivity index (χ0n) is 17.1. The molecule has 1 aromatic heterocycles. The Labute approximate surface area is 191 Å². The molecule has 0 aromatic carbocycles. The molecule has 0 amide bonds. The van der Waals surface area contributed by atoms with Gasteiger partial charge in [0.05, 0.1) is 24.8 Å². The van der Waals surface area contributed by atoms with E-state index >= 15 is 0 Å². The zero-order valence-corrected chi connectivity index (χ0v) is 20.2. The second-order valence-electron chi connectivity index (χ2n) is 6.98. The van der Waals surface area contributed by atoms with E-state index in [4.69, 9.17) is 9.73 Å². The van der Waals surface area contributed by atoms with Gasteiger partial charge in [-0.05, 0) is 12.8 Å². The first-order valence-corrected chi connectivity index (χ1v) is 10.5. The SMILES string of the molecule is CCNC(=NCC(C(C)C)N1CCOCC1)NCCc1nc(C(F)(F)F)cs1.I. The number of guanidine groups is 1. The van der Waals surface area contributed by atoms with Gasteiger partial charge in [0.25, 0.3) is 0 Å². The summed E-state index contributed by atoms with van der Waals surface area (Å²) in [5.41, 5.74) is -0.821. The van der Waals surface area contributed by atoms with Gasteiger partial charge >= 0.3 is 6.18 Å². The molecule has 1 aliphatic heterocycles. The second kappa shape index (κ2) is 12.9. The average molecular weight is 549 g/mol. The number of thiazole rings is 1. The molecular formula is C18H31F3IN5OS. The Morgan fingerprint density at radius 1 is 1.31 bits per heavy atom. The number of alkyl halides is 3. The molecule has 2 N–H and O–H groups in total. The van der Waals surface area contributed by atoms with Crippen molar-refractivity contribution in [3.63, 3.8) is 0 Å². The summed E-state index contributed by atoms with van der Waals surface area (Å²) in [6.45, 7) is 11.5. The third-order valence-corrected chi connectivity index (χ3v) is 5.45. The average Bonchev–Trinajstić information content (AvgIpc) is 3.12. The highest BCUT2D eigenvalue weighted by Crippen LogP contribution is 2.30. The molecule has 0 saturated carbocycles. The van der Waals surface area contributed by atoms with Crippen molar-refractivity contribution in [3.05, 3.63) is 16.1 Å². The maximum Gasteiger partial charge on any atom is 0.434 e. The topological polar surface area (TPSA) is 61.8 Å². The summed E-state index contributed by atoms with van der Waals surface area (Å²) in [5, 5.41) is 7.91. The van der Waals surface area contributed by atoms with Crippen LogP contribution in [0.15, 0.2) is 10.4 Å². The zero-order chi connectivity index (χ0) is 20.6. The quantitative estimate of drug-likeness (QED) is 0.296. The third-order valence-electron chi connectivity index (χ3n) is 4.54. The molecule has 1 unspecified atom stereocenters. The molecule has 1 atom stereocenters. The van der Waals surface area contributed by atoms with Crippen LogP contribution in [0.4, 0.5) is 13.2 Å². The molecule has 0 spiro atoms. The number of nitrogens with one attached hydrogen (secondary N) is 2. The van der Waals surface area contributed by atoms with Crippen LogP contribution < -0.4 is 10.6 Å². The first-order valence-electron chi connectivity index (χ1n) is 9.66. The molecule has 6 nitrogen and oxygen atoms in total. The predicted molar refractivity (Wildman–Crippen MR) is 121 cm³/mol. The minimum absolute atomic E-state index is 0. The molecule has 168 valence electrons.